The molecule has 0 saturated heterocycles. The minimum Gasteiger partial charge on any atom is -0.444 e. The first-order valence-corrected chi connectivity index (χ1v) is 6.29. The quantitative estimate of drug-likeness (QED) is 0.321. The molecule has 0 saturated carbocycles. The van der Waals surface area contributed by atoms with E-state index in [1.54, 1.807) is 20.2 Å². The van der Waals surface area contributed by atoms with Gasteiger partial charge in [-0.15, -0.1) is 30.6 Å². The van der Waals surface area contributed by atoms with E-state index in [2.05, 4.69) is 22.2 Å². The van der Waals surface area contributed by atoms with Gasteiger partial charge >= 0.3 is 6.09 Å². The zero-order valence-electron chi connectivity index (χ0n) is 13.0. The molecule has 6 nitrogen and oxygen atoms in total. The highest BCUT2D eigenvalue weighted by Gasteiger charge is 2.19. The van der Waals surface area contributed by atoms with Crippen molar-refractivity contribution in [3.63, 3.8) is 0 Å². The number of hydrogen-bond acceptors (Lipinski definition) is 3. The van der Waals surface area contributed by atoms with Gasteiger partial charge in [0.1, 0.15) is 5.60 Å². The lowest BCUT2D eigenvalue weighted by Crippen LogP contribution is -2.43. The SMILES string of the molecule is C=CCNC(=NC)NCCN(C)C(=O)OC(C)(C)C.I. The van der Waals surface area contributed by atoms with E-state index in [9.17, 15) is 4.79 Å². The summed E-state index contributed by atoms with van der Waals surface area (Å²) in [6.07, 6.45) is 1.42. The summed E-state index contributed by atoms with van der Waals surface area (Å²) in [6.45, 7) is 10.9. The third-order valence-corrected chi connectivity index (χ3v) is 2.08. The number of aliphatic imine (C=N–C) groups is 1. The van der Waals surface area contributed by atoms with Gasteiger partial charge in [-0.2, -0.15) is 0 Å². The molecule has 0 rings (SSSR count). The fourth-order valence-electron chi connectivity index (χ4n) is 1.16. The summed E-state index contributed by atoms with van der Waals surface area (Å²) in [5, 5.41) is 6.14. The normalized spacial score (nSPS) is 11.2. The first-order valence-electron chi connectivity index (χ1n) is 6.29. The Bertz CT molecular complexity index is 327. The summed E-state index contributed by atoms with van der Waals surface area (Å²) in [5.41, 5.74) is -0.472. The van der Waals surface area contributed by atoms with Crippen LogP contribution in [0.2, 0.25) is 0 Å². The number of guanidine groups is 1. The molecule has 0 aliphatic heterocycles. The zero-order chi connectivity index (χ0) is 14.9. The Kier molecular flexibility index (Phi) is 11.5. The third kappa shape index (κ3) is 10.9. The van der Waals surface area contributed by atoms with Crippen LogP contribution in [0.3, 0.4) is 0 Å². The molecular formula is C13H27IN4O2. The summed E-state index contributed by atoms with van der Waals surface area (Å²) >= 11 is 0. The Morgan fingerprint density at radius 3 is 2.45 bits per heavy atom. The van der Waals surface area contributed by atoms with Crippen molar-refractivity contribution in [1.82, 2.24) is 15.5 Å². The molecule has 0 radical (unpaired) electrons. The monoisotopic (exact) mass is 398 g/mol. The third-order valence-electron chi connectivity index (χ3n) is 2.08. The van der Waals surface area contributed by atoms with E-state index < -0.39 is 5.60 Å². The Morgan fingerprint density at radius 2 is 2.00 bits per heavy atom. The minimum absolute atomic E-state index is 0. The molecule has 0 atom stereocenters. The Balaban J connectivity index is 0. The van der Waals surface area contributed by atoms with Crippen molar-refractivity contribution < 1.29 is 9.53 Å². The molecule has 0 aromatic carbocycles. The molecule has 20 heavy (non-hydrogen) atoms. The van der Waals surface area contributed by atoms with Crippen LogP contribution in [0.1, 0.15) is 20.8 Å². The standard InChI is InChI=1S/C13H26N4O2.HI/c1-7-8-15-11(14-5)16-9-10-17(6)12(18)19-13(2,3)4;/h7H,1,8-10H2,2-6H3,(H2,14,15,16);1H. The fourth-order valence-corrected chi connectivity index (χ4v) is 1.16. The van der Waals surface area contributed by atoms with Gasteiger partial charge in [-0.05, 0) is 20.8 Å². The first kappa shape index (κ1) is 21.3. The molecular weight excluding hydrogens is 371 g/mol. The van der Waals surface area contributed by atoms with Crippen molar-refractivity contribution in [3.05, 3.63) is 12.7 Å². The molecule has 0 aromatic rings. The molecule has 0 heterocycles. The van der Waals surface area contributed by atoms with Gasteiger partial charge in [0.05, 0.1) is 0 Å². The van der Waals surface area contributed by atoms with Crippen molar-refractivity contribution in [1.29, 1.82) is 0 Å². The molecule has 0 unspecified atom stereocenters. The zero-order valence-corrected chi connectivity index (χ0v) is 15.4. The predicted molar refractivity (Wildman–Crippen MR) is 93.8 cm³/mol. The summed E-state index contributed by atoms with van der Waals surface area (Å²) in [7, 11) is 3.39. The predicted octanol–water partition coefficient (Wildman–Crippen LogP) is 1.82. The average molecular weight is 398 g/mol. The van der Waals surface area contributed by atoms with Crippen LogP contribution in [0.15, 0.2) is 17.6 Å². The Labute approximate surface area is 139 Å². The second kappa shape index (κ2) is 10.8. The van der Waals surface area contributed by atoms with Crippen LogP contribution in [0, 0.1) is 0 Å². The second-order valence-electron chi connectivity index (χ2n) is 5.07. The van der Waals surface area contributed by atoms with Crippen LogP contribution < -0.4 is 10.6 Å². The van der Waals surface area contributed by atoms with E-state index in [-0.39, 0.29) is 30.1 Å². The van der Waals surface area contributed by atoms with Crippen LogP contribution >= 0.6 is 24.0 Å². The van der Waals surface area contributed by atoms with Crippen molar-refractivity contribution >= 4 is 36.0 Å². The molecule has 0 aromatic heterocycles. The Morgan fingerprint density at radius 1 is 1.40 bits per heavy atom. The number of nitrogens with zero attached hydrogens (tertiary/aromatic N) is 2. The van der Waals surface area contributed by atoms with Crippen LogP contribution in [-0.2, 0) is 4.74 Å². The molecule has 2 N–H and O–H groups in total. The van der Waals surface area contributed by atoms with E-state index in [1.807, 2.05) is 20.8 Å². The maximum Gasteiger partial charge on any atom is 0.410 e. The van der Waals surface area contributed by atoms with E-state index in [0.29, 0.717) is 25.6 Å². The lowest BCUT2D eigenvalue weighted by molar-refractivity contribution is 0.0302. The molecule has 0 aliphatic carbocycles. The Hall–Kier alpha value is -0.990. The van der Waals surface area contributed by atoms with E-state index >= 15 is 0 Å². The molecule has 118 valence electrons. The first-order chi connectivity index (χ1) is 8.80. The molecule has 7 heteroatoms. The van der Waals surface area contributed by atoms with Gasteiger partial charge in [0.25, 0.3) is 0 Å². The highest BCUT2D eigenvalue weighted by molar-refractivity contribution is 14.0. The van der Waals surface area contributed by atoms with Crippen molar-refractivity contribution in [3.8, 4) is 0 Å². The summed E-state index contributed by atoms with van der Waals surface area (Å²) in [5.74, 6) is 0.678. The molecule has 1 amide bonds. The topological polar surface area (TPSA) is 66.0 Å². The van der Waals surface area contributed by atoms with Crippen LogP contribution in [0.25, 0.3) is 0 Å². The lowest BCUT2D eigenvalue weighted by atomic mass is 10.2. The number of halogens is 1. The number of carbonyl (C=O) groups excluding carboxylic acids is 1. The number of ether oxygens (including phenoxy) is 1. The van der Waals surface area contributed by atoms with Gasteiger partial charge in [-0.1, -0.05) is 6.08 Å². The summed E-state index contributed by atoms with van der Waals surface area (Å²) in [6, 6.07) is 0. The van der Waals surface area contributed by atoms with E-state index in [0.717, 1.165) is 0 Å². The number of nitrogens with one attached hydrogen (secondary N) is 2. The van der Waals surface area contributed by atoms with Crippen molar-refractivity contribution in [2.75, 3.05) is 33.7 Å². The second-order valence-corrected chi connectivity index (χ2v) is 5.07. The van der Waals surface area contributed by atoms with E-state index in [1.165, 1.54) is 4.90 Å². The average Bonchev–Trinajstić information content (AvgIpc) is 2.31. The smallest absolute Gasteiger partial charge is 0.410 e. The molecule has 0 aliphatic rings. The molecule has 0 fully saturated rings. The maximum absolute atomic E-state index is 11.7. The highest BCUT2D eigenvalue weighted by Crippen LogP contribution is 2.08. The van der Waals surface area contributed by atoms with Gasteiger partial charge in [-0.25, -0.2) is 4.79 Å². The van der Waals surface area contributed by atoms with Gasteiger partial charge in [0, 0.05) is 33.7 Å². The van der Waals surface area contributed by atoms with E-state index in [4.69, 9.17) is 4.74 Å². The van der Waals surface area contributed by atoms with Crippen molar-refractivity contribution in [2.45, 2.75) is 26.4 Å². The highest BCUT2D eigenvalue weighted by atomic mass is 127. The van der Waals surface area contributed by atoms with Crippen LogP contribution in [0.5, 0.6) is 0 Å². The van der Waals surface area contributed by atoms with Crippen LogP contribution in [-0.4, -0.2) is 56.3 Å². The van der Waals surface area contributed by atoms with Gasteiger partial charge in [0.2, 0.25) is 0 Å². The van der Waals surface area contributed by atoms with Gasteiger partial charge < -0.3 is 20.3 Å². The van der Waals surface area contributed by atoms with Gasteiger partial charge in [0.15, 0.2) is 5.96 Å². The maximum atomic E-state index is 11.7. The number of amides is 1. The largest absolute Gasteiger partial charge is 0.444 e. The number of likely N-dealkylation sites (N-methyl/N-ethyl adjacent to an activating group) is 1. The van der Waals surface area contributed by atoms with Gasteiger partial charge in [-0.3, -0.25) is 4.99 Å². The summed E-state index contributed by atoms with van der Waals surface area (Å²) in [4.78, 5) is 17.3. The number of carbonyl (C=O) groups is 1. The van der Waals surface area contributed by atoms with Crippen LogP contribution in [0.4, 0.5) is 4.79 Å². The molecule has 0 bridgehead atoms. The number of hydrogen-bond donors (Lipinski definition) is 2. The number of rotatable bonds is 5. The van der Waals surface area contributed by atoms with Crippen molar-refractivity contribution in [2.24, 2.45) is 4.99 Å². The summed E-state index contributed by atoms with van der Waals surface area (Å²) < 4.78 is 5.25. The minimum atomic E-state index is -0.472. The fraction of sp³-hybridized carbons (Fsp3) is 0.692. The molecule has 0 spiro atoms. The lowest BCUT2D eigenvalue weighted by Gasteiger charge is -2.24.